The molecule has 0 saturated carbocycles. The summed E-state index contributed by atoms with van der Waals surface area (Å²) in [5.41, 5.74) is 2.24. The molecule has 1 heterocycles. The van der Waals surface area contributed by atoms with E-state index in [0.29, 0.717) is 22.2 Å². The molecule has 1 aliphatic rings. The number of likely N-dealkylation sites (N-methyl/N-ethyl adjacent to an activating group) is 1. The maximum atomic E-state index is 12.7. The van der Waals surface area contributed by atoms with Crippen LogP contribution in [0.3, 0.4) is 0 Å². The number of amides is 1. The van der Waals surface area contributed by atoms with Gasteiger partial charge < -0.3 is 0 Å². The number of nitro groups is 1. The number of aliphatic imine (C=N–C) groups is 1. The molecule has 2 aromatic carbocycles. The summed E-state index contributed by atoms with van der Waals surface area (Å²) in [6.45, 7) is 4.35. The number of halogens is 1. The largest absolute Gasteiger partial charge is 0.288 e. The number of aryl methyl sites for hydroxylation is 1. The van der Waals surface area contributed by atoms with E-state index >= 15 is 0 Å². The van der Waals surface area contributed by atoms with Gasteiger partial charge in [0.25, 0.3) is 11.6 Å². The van der Waals surface area contributed by atoms with E-state index in [1.807, 2.05) is 38.1 Å². The molecule has 0 bridgehead atoms. The topological polar surface area (TPSA) is 75.8 Å². The third-order valence-electron chi connectivity index (χ3n) is 3.93. The minimum atomic E-state index is -0.545. The SMILES string of the molecule is CCN1C(=O)/C(=C\c2ccc(Cl)c([N+](=O)[O-])c2)SC1=Nc1ccc(C)cc1. The Kier molecular flexibility index (Phi) is 5.62. The number of hydrogen-bond donors (Lipinski definition) is 0. The fourth-order valence-corrected chi connectivity index (χ4v) is 3.76. The fraction of sp³-hybridized carbons (Fsp3) is 0.158. The van der Waals surface area contributed by atoms with Crippen LogP contribution in [-0.2, 0) is 4.79 Å². The van der Waals surface area contributed by atoms with Gasteiger partial charge in [-0.1, -0.05) is 35.4 Å². The van der Waals surface area contributed by atoms with Gasteiger partial charge in [-0.05, 0) is 55.4 Å². The summed E-state index contributed by atoms with van der Waals surface area (Å²) in [4.78, 5) is 29.8. The van der Waals surface area contributed by atoms with Gasteiger partial charge in [0, 0.05) is 12.6 Å². The second kappa shape index (κ2) is 7.94. The molecule has 27 heavy (non-hydrogen) atoms. The zero-order valence-electron chi connectivity index (χ0n) is 14.7. The van der Waals surface area contributed by atoms with Gasteiger partial charge in [0.15, 0.2) is 5.17 Å². The molecule has 0 unspecified atom stereocenters. The smallest absolute Gasteiger partial charge is 0.287 e. The molecule has 0 aliphatic carbocycles. The highest BCUT2D eigenvalue weighted by Crippen LogP contribution is 2.35. The molecule has 0 atom stereocenters. The number of carbonyl (C=O) groups excluding carboxylic acids is 1. The van der Waals surface area contributed by atoms with E-state index in [1.165, 1.54) is 23.9 Å². The van der Waals surface area contributed by atoms with Crippen molar-refractivity contribution in [3.8, 4) is 0 Å². The summed E-state index contributed by atoms with van der Waals surface area (Å²) in [5, 5.41) is 11.7. The summed E-state index contributed by atoms with van der Waals surface area (Å²) in [7, 11) is 0. The number of amidine groups is 1. The first kappa shape index (κ1) is 19.1. The van der Waals surface area contributed by atoms with Crippen molar-refractivity contribution < 1.29 is 9.72 Å². The molecule has 0 N–H and O–H groups in total. The Morgan fingerprint density at radius 2 is 1.96 bits per heavy atom. The molecule has 0 aromatic heterocycles. The highest BCUT2D eigenvalue weighted by Gasteiger charge is 2.32. The average molecular weight is 402 g/mol. The van der Waals surface area contributed by atoms with Gasteiger partial charge in [0.1, 0.15) is 5.02 Å². The van der Waals surface area contributed by atoms with Gasteiger partial charge in [-0.2, -0.15) is 0 Å². The maximum Gasteiger partial charge on any atom is 0.288 e. The van der Waals surface area contributed by atoms with Crippen LogP contribution in [0.5, 0.6) is 0 Å². The molecule has 0 spiro atoms. The number of benzene rings is 2. The molecule has 1 aliphatic heterocycles. The Hall–Kier alpha value is -2.64. The molecule has 1 amide bonds. The lowest BCUT2D eigenvalue weighted by molar-refractivity contribution is -0.384. The lowest BCUT2D eigenvalue weighted by Gasteiger charge is -2.12. The fourth-order valence-electron chi connectivity index (χ4n) is 2.51. The minimum absolute atomic E-state index is 0.0596. The van der Waals surface area contributed by atoms with Gasteiger partial charge in [0.05, 0.1) is 15.5 Å². The highest BCUT2D eigenvalue weighted by atomic mass is 35.5. The number of nitrogens with zero attached hydrogens (tertiary/aromatic N) is 3. The second-order valence-electron chi connectivity index (χ2n) is 5.86. The molecule has 1 saturated heterocycles. The second-order valence-corrected chi connectivity index (χ2v) is 7.27. The maximum absolute atomic E-state index is 12.7. The van der Waals surface area contributed by atoms with Crippen LogP contribution >= 0.6 is 23.4 Å². The molecule has 0 radical (unpaired) electrons. The van der Waals surface area contributed by atoms with E-state index in [0.717, 1.165) is 11.3 Å². The van der Waals surface area contributed by atoms with Crippen LogP contribution in [0.1, 0.15) is 18.1 Å². The lowest BCUT2D eigenvalue weighted by Crippen LogP contribution is -2.28. The normalized spacial score (nSPS) is 17.1. The molecule has 3 rings (SSSR count). The third kappa shape index (κ3) is 4.20. The zero-order chi connectivity index (χ0) is 19.6. The van der Waals surface area contributed by atoms with Crippen LogP contribution in [0.25, 0.3) is 6.08 Å². The van der Waals surface area contributed by atoms with Crippen LogP contribution in [-0.4, -0.2) is 27.4 Å². The van der Waals surface area contributed by atoms with Gasteiger partial charge in [-0.15, -0.1) is 0 Å². The number of carbonyl (C=O) groups is 1. The highest BCUT2D eigenvalue weighted by molar-refractivity contribution is 8.18. The van der Waals surface area contributed by atoms with Gasteiger partial charge in [-0.25, -0.2) is 4.99 Å². The first-order chi connectivity index (χ1) is 12.9. The first-order valence-electron chi connectivity index (χ1n) is 8.19. The Bertz CT molecular complexity index is 971. The van der Waals surface area contributed by atoms with E-state index < -0.39 is 4.92 Å². The number of hydrogen-bond acceptors (Lipinski definition) is 5. The molecule has 138 valence electrons. The molecular formula is C19H16ClN3O3S. The average Bonchev–Trinajstić information content (AvgIpc) is 2.93. The van der Waals surface area contributed by atoms with E-state index in [4.69, 9.17) is 11.6 Å². The predicted octanol–water partition coefficient (Wildman–Crippen LogP) is 5.18. The summed E-state index contributed by atoms with van der Waals surface area (Å²) in [5.74, 6) is -0.175. The Morgan fingerprint density at radius 1 is 1.26 bits per heavy atom. The third-order valence-corrected chi connectivity index (χ3v) is 5.25. The summed E-state index contributed by atoms with van der Waals surface area (Å²) >= 11 is 7.09. The van der Waals surface area contributed by atoms with Gasteiger partial charge in [-0.3, -0.25) is 19.8 Å². The number of nitro benzene ring substituents is 1. The lowest BCUT2D eigenvalue weighted by atomic mass is 10.2. The predicted molar refractivity (Wildman–Crippen MR) is 109 cm³/mol. The molecule has 2 aromatic rings. The monoisotopic (exact) mass is 401 g/mol. The van der Waals surface area contributed by atoms with Crippen LogP contribution in [0.2, 0.25) is 5.02 Å². The van der Waals surface area contributed by atoms with Crippen LogP contribution < -0.4 is 0 Å². The van der Waals surface area contributed by atoms with Crippen molar-refractivity contribution >= 4 is 51.9 Å². The summed E-state index contributed by atoms with van der Waals surface area (Å²) < 4.78 is 0. The molecular weight excluding hydrogens is 386 g/mol. The van der Waals surface area contributed by atoms with E-state index in [2.05, 4.69) is 4.99 Å². The number of thioether (sulfide) groups is 1. The molecule has 6 nitrogen and oxygen atoms in total. The Morgan fingerprint density at radius 3 is 2.59 bits per heavy atom. The van der Waals surface area contributed by atoms with Gasteiger partial charge >= 0.3 is 0 Å². The number of rotatable bonds is 4. The van der Waals surface area contributed by atoms with Crippen LogP contribution in [0.4, 0.5) is 11.4 Å². The van der Waals surface area contributed by atoms with Crippen molar-refractivity contribution in [3.63, 3.8) is 0 Å². The van der Waals surface area contributed by atoms with Crippen molar-refractivity contribution in [1.29, 1.82) is 0 Å². The summed E-state index contributed by atoms with van der Waals surface area (Å²) in [6, 6.07) is 12.2. The van der Waals surface area contributed by atoms with Crippen molar-refractivity contribution in [2.24, 2.45) is 4.99 Å². The van der Waals surface area contributed by atoms with E-state index in [1.54, 1.807) is 17.0 Å². The zero-order valence-corrected chi connectivity index (χ0v) is 16.3. The van der Waals surface area contributed by atoms with Crippen LogP contribution in [0, 0.1) is 17.0 Å². The van der Waals surface area contributed by atoms with E-state index in [9.17, 15) is 14.9 Å². The minimum Gasteiger partial charge on any atom is -0.287 e. The first-order valence-corrected chi connectivity index (χ1v) is 9.39. The van der Waals surface area contributed by atoms with Crippen molar-refractivity contribution in [2.75, 3.05) is 6.54 Å². The van der Waals surface area contributed by atoms with Crippen molar-refractivity contribution in [3.05, 3.63) is 73.6 Å². The quantitative estimate of drug-likeness (QED) is 0.401. The van der Waals surface area contributed by atoms with Gasteiger partial charge in [0.2, 0.25) is 0 Å². The Labute approximate surface area is 165 Å². The van der Waals surface area contributed by atoms with E-state index in [-0.39, 0.29) is 16.6 Å². The molecule has 1 fully saturated rings. The summed E-state index contributed by atoms with van der Waals surface area (Å²) in [6.07, 6.45) is 1.62. The Balaban J connectivity index is 1.94. The van der Waals surface area contributed by atoms with Crippen molar-refractivity contribution in [1.82, 2.24) is 4.90 Å². The van der Waals surface area contributed by atoms with Crippen LogP contribution in [0.15, 0.2) is 52.4 Å². The van der Waals surface area contributed by atoms with Crippen molar-refractivity contribution in [2.45, 2.75) is 13.8 Å². The molecule has 8 heteroatoms. The standard InChI is InChI=1S/C19H16ClN3O3S/c1-3-22-18(24)17(11-13-6-9-15(20)16(10-13)23(25)26)27-19(22)21-14-7-4-12(2)5-8-14/h4-11H,3H2,1-2H3/b17-11+,21-19?.